The number of nitrogens with one attached hydrogen (secondary N) is 1. The molecule has 2 amide bonds. The van der Waals surface area contributed by atoms with Gasteiger partial charge in [-0.1, -0.05) is 0 Å². The van der Waals surface area contributed by atoms with Crippen molar-refractivity contribution in [2.24, 2.45) is 5.73 Å². The molecule has 2 aromatic heterocycles. The smallest absolute Gasteiger partial charge is 0.269 e. The van der Waals surface area contributed by atoms with E-state index in [1.165, 1.54) is 23.3 Å². The Balaban J connectivity index is 1.51. The number of carbonyl (C=O) groups is 2. The first-order valence-corrected chi connectivity index (χ1v) is 9.75. The van der Waals surface area contributed by atoms with Crippen LogP contribution in [0, 0.1) is 0 Å². The highest BCUT2D eigenvalue weighted by atomic mass is 32.1. The summed E-state index contributed by atoms with van der Waals surface area (Å²) in [5, 5.41) is 8.93. The van der Waals surface area contributed by atoms with E-state index in [-0.39, 0.29) is 17.5 Å². The lowest BCUT2D eigenvalue weighted by molar-refractivity contribution is 0.0705. The summed E-state index contributed by atoms with van der Waals surface area (Å²) in [6, 6.07) is 1.72. The number of hydrogen-bond acceptors (Lipinski definition) is 4. The van der Waals surface area contributed by atoms with E-state index in [9.17, 15) is 9.59 Å². The van der Waals surface area contributed by atoms with Crippen LogP contribution in [0.3, 0.4) is 0 Å². The Morgan fingerprint density at radius 3 is 2.92 bits per heavy atom. The summed E-state index contributed by atoms with van der Waals surface area (Å²) >= 11 is 1.73. The van der Waals surface area contributed by atoms with Crippen molar-refractivity contribution < 1.29 is 9.59 Å². The third kappa shape index (κ3) is 3.08. The Hall–Kier alpha value is -2.15. The summed E-state index contributed by atoms with van der Waals surface area (Å²) in [4.78, 5) is 27.6. The molecule has 132 valence electrons. The zero-order chi connectivity index (χ0) is 17.4. The zero-order valence-electron chi connectivity index (χ0n) is 14.1. The lowest BCUT2D eigenvalue weighted by Crippen LogP contribution is -2.39. The fourth-order valence-corrected chi connectivity index (χ4v) is 5.05. The molecule has 25 heavy (non-hydrogen) atoms. The van der Waals surface area contributed by atoms with Crippen molar-refractivity contribution in [3.63, 3.8) is 0 Å². The summed E-state index contributed by atoms with van der Waals surface area (Å²) in [5.41, 5.74) is 8.60. The molecule has 0 aromatic carbocycles. The number of H-pyrrole nitrogens is 1. The van der Waals surface area contributed by atoms with Gasteiger partial charge in [0, 0.05) is 35.0 Å². The van der Waals surface area contributed by atoms with Gasteiger partial charge in [0.15, 0.2) is 0 Å². The number of piperidine rings is 1. The highest BCUT2D eigenvalue weighted by Gasteiger charge is 2.29. The van der Waals surface area contributed by atoms with Crippen molar-refractivity contribution in [1.29, 1.82) is 0 Å². The number of nitrogens with two attached hydrogens (primary N) is 1. The van der Waals surface area contributed by atoms with Crippen molar-refractivity contribution in [3.05, 3.63) is 38.8 Å². The average Bonchev–Trinajstić information content (AvgIpc) is 3.28. The number of amides is 2. The number of thiophene rings is 1. The van der Waals surface area contributed by atoms with Crippen molar-refractivity contribution >= 4 is 23.2 Å². The van der Waals surface area contributed by atoms with Crippen molar-refractivity contribution in [2.45, 2.75) is 44.4 Å². The molecule has 0 spiro atoms. The van der Waals surface area contributed by atoms with Gasteiger partial charge in [-0.05, 0) is 50.2 Å². The van der Waals surface area contributed by atoms with Gasteiger partial charge in [0.25, 0.3) is 11.8 Å². The quantitative estimate of drug-likeness (QED) is 0.883. The maximum Gasteiger partial charge on any atom is 0.269 e. The second-order valence-corrected chi connectivity index (χ2v) is 7.89. The number of carbonyl (C=O) groups excluding carboxylic acids is 2. The van der Waals surface area contributed by atoms with Crippen LogP contribution in [0.25, 0.3) is 0 Å². The standard InChI is InChI=1S/C18H22N4O2S/c19-17(23)15-8-14(20-21-15)11-4-3-7-22(9-11)18(24)13-10-25-16-6-2-1-5-12(13)16/h8,10-11H,1-7,9H2,(H2,19,23)(H,20,21). The van der Waals surface area contributed by atoms with E-state index in [4.69, 9.17) is 5.73 Å². The fourth-order valence-electron chi connectivity index (χ4n) is 3.93. The Kier molecular flexibility index (Phi) is 4.33. The molecule has 1 aliphatic carbocycles. The number of aryl methyl sites for hydroxylation is 1. The number of hydrogen-bond donors (Lipinski definition) is 2. The van der Waals surface area contributed by atoms with Crippen LogP contribution in [-0.2, 0) is 12.8 Å². The van der Waals surface area contributed by atoms with Crippen LogP contribution in [0.4, 0.5) is 0 Å². The number of aromatic amines is 1. The highest BCUT2D eigenvalue weighted by molar-refractivity contribution is 7.10. The number of nitrogens with zero attached hydrogens (tertiary/aromatic N) is 2. The lowest BCUT2D eigenvalue weighted by Gasteiger charge is -2.32. The van der Waals surface area contributed by atoms with Crippen LogP contribution < -0.4 is 5.73 Å². The van der Waals surface area contributed by atoms with E-state index in [0.29, 0.717) is 6.54 Å². The second kappa shape index (κ2) is 6.63. The largest absolute Gasteiger partial charge is 0.364 e. The molecule has 1 aliphatic heterocycles. The molecule has 1 unspecified atom stereocenters. The Bertz CT molecular complexity index is 810. The highest BCUT2D eigenvalue weighted by Crippen LogP contribution is 2.33. The molecule has 6 nitrogen and oxygen atoms in total. The number of likely N-dealkylation sites (tertiary alicyclic amines) is 1. The lowest BCUT2D eigenvalue weighted by atomic mass is 9.92. The molecule has 3 N–H and O–H groups in total. The third-order valence-corrected chi connectivity index (χ3v) is 6.38. The van der Waals surface area contributed by atoms with Gasteiger partial charge in [0.2, 0.25) is 0 Å². The van der Waals surface area contributed by atoms with E-state index >= 15 is 0 Å². The van der Waals surface area contributed by atoms with E-state index in [1.54, 1.807) is 17.4 Å². The van der Waals surface area contributed by atoms with Crippen LogP contribution in [-0.4, -0.2) is 40.0 Å². The summed E-state index contributed by atoms with van der Waals surface area (Å²) in [7, 11) is 0. The van der Waals surface area contributed by atoms with E-state index in [2.05, 4.69) is 10.2 Å². The molecule has 1 fully saturated rings. The molecule has 0 saturated carbocycles. The second-order valence-electron chi connectivity index (χ2n) is 6.92. The third-order valence-electron chi connectivity index (χ3n) is 5.29. The first-order valence-electron chi connectivity index (χ1n) is 8.87. The van der Waals surface area contributed by atoms with E-state index < -0.39 is 5.91 Å². The Labute approximate surface area is 150 Å². The molecule has 2 aliphatic rings. The van der Waals surface area contributed by atoms with Gasteiger partial charge >= 0.3 is 0 Å². The van der Waals surface area contributed by atoms with Gasteiger partial charge in [-0.3, -0.25) is 14.7 Å². The van der Waals surface area contributed by atoms with Crippen molar-refractivity contribution in [1.82, 2.24) is 15.1 Å². The summed E-state index contributed by atoms with van der Waals surface area (Å²) in [6.07, 6.45) is 6.48. The maximum atomic E-state index is 13.1. The molecular formula is C18H22N4O2S. The van der Waals surface area contributed by atoms with Crippen LogP contribution >= 0.6 is 11.3 Å². The summed E-state index contributed by atoms with van der Waals surface area (Å²) in [5.74, 6) is -0.206. The molecular weight excluding hydrogens is 336 g/mol. The predicted molar refractivity (Wildman–Crippen MR) is 95.9 cm³/mol. The van der Waals surface area contributed by atoms with Gasteiger partial charge in [-0.25, -0.2) is 0 Å². The number of rotatable bonds is 3. The van der Waals surface area contributed by atoms with Crippen molar-refractivity contribution in [3.8, 4) is 0 Å². The number of aromatic nitrogens is 2. The SMILES string of the molecule is NC(=O)c1cc(C2CCCN(C(=O)c3csc4c3CCCC4)C2)[nH]n1. The summed E-state index contributed by atoms with van der Waals surface area (Å²) < 4.78 is 0. The van der Waals surface area contributed by atoms with Gasteiger partial charge in [0.1, 0.15) is 5.69 Å². The van der Waals surface area contributed by atoms with Crippen LogP contribution in [0.15, 0.2) is 11.4 Å². The maximum absolute atomic E-state index is 13.1. The number of primary amides is 1. The monoisotopic (exact) mass is 358 g/mol. The topological polar surface area (TPSA) is 92.1 Å². The Morgan fingerprint density at radius 1 is 1.28 bits per heavy atom. The minimum Gasteiger partial charge on any atom is -0.364 e. The first-order chi connectivity index (χ1) is 12.1. The first kappa shape index (κ1) is 16.3. The van der Waals surface area contributed by atoms with Gasteiger partial charge in [-0.15, -0.1) is 11.3 Å². The molecule has 2 aromatic rings. The average molecular weight is 358 g/mol. The Morgan fingerprint density at radius 2 is 2.12 bits per heavy atom. The molecule has 0 radical (unpaired) electrons. The molecule has 1 saturated heterocycles. The van der Waals surface area contributed by atoms with E-state index in [1.807, 2.05) is 10.3 Å². The normalized spacial score (nSPS) is 20.3. The van der Waals surface area contributed by atoms with Crippen LogP contribution in [0.2, 0.25) is 0 Å². The minimum atomic E-state index is -0.531. The predicted octanol–water partition coefficient (Wildman–Crippen LogP) is 2.47. The van der Waals surface area contributed by atoms with Gasteiger partial charge in [-0.2, -0.15) is 5.10 Å². The molecule has 4 rings (SSSR count). The van der Waals surface area contributed by atoms with Gasteiger partial charge in [0.05, 0.1) is 5.56 Å². The molecule has 0 bridgehead atoms. The summed E-state index contributed by atoms with van der Waals surface area (Å²) in [6.45, 7) is 1.45. The molecule has 1 atom stereocenters. The number of fused-ring (bicyclic) bond motifs is 1. The minimum absolute atomic E-state index is 0.152. The van der Waals surface area contributed by atoms with E-state index in [0.717, 1.165) is 43.5 Å². The van der Waals surface area contributed by atoms with Crippen molar-refractivity contribution in [2.75, 3.05) is 13.1 Å². The molecule has 7 heteroatoms. The van der Waals surface area contributed by atoms with Crippen LogP contribution in [0.1, 0.15) is 68.6 Å². The zero-order valence-corrected chi connectivity index (χ0v) is 14.9. The molecule has 3 heterocycles. The fraction of sp³-hybridized carbons (Fsp3) is 0.500. The van der Waals surface area contributed by atoms with Crippen LogP contribution in [0.5, 0.6) is 0 Å². The van der Waals surface area contributed by atoms with Gasteiger partial charge < -0.3 is 10.6 Å².